The van der Waals surface area contributed by atoms with E-state index >= 15 is 0 Å². The van der Waals surface area contributed by atoms with Gasteiger partial charge in [-0.2, -0.15) is 0 Å². The minimum absolute atomic E-state index is 0.0748. The summed E-state index contributed by atoms with van der Waals surface area (Å²) in [6, 6.07) is 2.94. The van der Waals surface area contributed by atoms with E-state index in [4.69, 9.17) is 11.6 Å². The number of likely N-dealkylation sites (N-methyl/N-ethyl adjacent to an activating group) is 1. The highest BCUT2D eigenvalue weighted by Gasteiger charge is 2.11. The van der Waals surface area contributed by atoms with Gasteiger partial charge in [0.1, 0.15) is 11.9 Å². The van der Waals surface area contributed by atoms with Crippen molar-refractivity contribution < 1.29 is 4.79 Å². The molecule has 6 heteroatoms. The van der Waals surface area contributed by atoms with Gasteiger partial charge in [-0.15, -0.1) is 10.2 Å². The third-order valence-electron chi connectivity index (χ3n) is 1.74. The number of halogens is 1. The number of anilines is 1. The molecule has 15 heavy (non-hydrogen) atoms. The van der Waals surface area contributed by atoms with Crippen LogP contribution in [0.1, 0.15) is 13.8 Å². The first-order valence-corrected chi connectivity index (χ1v) is 5.04. The van der Waals surface area contributed by atoms with Crippen molar-refractivity contribution in [3.8, 4) is 0 Å². The molecule has 0 fully saturated rings. The van der Waals surface area contributed by atoms with E-state index in [-0.39, 0.29) is 11.9 Å². The van der Waals surface area contributed by atoms with Gasteiger partial charge < -0.3 is 10.6 Å². The standard InChI is InChI=1S/C9H13ClN4O/c1-3-11-9(15)6(2)12-8-5-4-7(10)13-14-8/h4-6H,3H2,1-2H3,(H,11,15)(H,12,14). The summed E-state index contributed by atoms with van der Waals surface area (Å²) in [5, 5.41) is 13.4. The second kappa shape index (κ2) is 5.50. The van der Waals surface area contributed by atoms with Crippen molar-refractivity contribution in [2.24, 2.45) is 0 Å². The SMILES string of the molecule is CCNC(=O)C(C)Nc1ccc(Cl)nn1. The Morgan fingerprint density at radius 1 is 1.53 bits per heavy atom. The molecule has 82 valence electrons. The number of carbonyl (C=O) groups is 1. The quantitative estimate of drug-likeness (QED) is 0.809. The predicted molar refractivity (Wildman–Crippen MR) is 58.8 cm³/mol. The number of aromatic nitrogens is 2. The molecule has 1 rings (SSSR count). The molecule has 1 atom stereocenters. The number of nitrogens with one attached hydrogen (secondary N) is 2. The Labute approximate surface area is 93.2 Å². The minimum Gasteiger partial charge on any atom is -0.357 e. The van der Waals surface area contributed by atoms with Gasteiger partial charge in [0.05, 0.1) is 0 Å². The lowest BCUT2D eigenvalue weighted by molar-refractivity contribution is -0.121. The second-order valence-corrected chi connectivity index (χ2v) is 3.39. The molecule has 0 aliphatic heterocycles. The Kier molecular flexibility index (Phi) is 4.30. The van der Waals surface area contributed by atoms with Crippen LogP contribution in [0.4, 0.5) is 5.82 Å². The highest BCUT2D eigenvalue weighted by molar-refractivity contribution is 6.29. The fourth-order valence-corrected chi connectivity index (χ4v) is 1.11. The van der Waals surface area contributed by atoms with E-state index in [9.17, 15) is 4.79 Å². The molecule has 5 nitrogen and oxygen atoms in total. The fourth-order valence-electron chi connectivity index (χ4n) is 1.01. The lowest BCUT2D eigenvalue weighted by atomic mass is 10.3. The van der Waals surface area contributed by atoms with Crippen LogP contribution in [0.2, 0.25) is 5.15 Å². The number of hydrogen-bond acceptors (Lipinski definition) is 4. The Bertz CT molecular complexity index is 327. The fraction of sp³-hybridized carbons (Fsp3) is 0.444. The molecule has 1 unspecified atom stereocenters. The number of hydrogen-bond donors (Lipinski definition) is 2. The Morgan fingerprint density at radius 2 is 2.27 bits per heavy atom. The largest absolute Gasteiger partial charge is 0.357 e. The van der Waals surface area contributed by atoms with Crippen molar-refractivity contribution in [3.63, 3.8) is 0 Å². The van der Waals surface area contributed by atoms with Crippen molar-refractivity contribution in [2.45, 2.75) is 19.9 Å². The van der Waals surface area contributed by atoms with Gasteiger partial charge in [0.25, 0.3) is 0 Å². The van der Waals surface area contributed by atoms with Gasteiger partial charge in [-0.3, -0.25) is 4.79 Å². The molecule has 0 spiro atoms. The van der Waals surface area contributed by atoms with Crippen LogP contribution in [0.25, 0.3) is 0 Å². The molecule has 1 amide bonds. The summed E-state index contributed by atoms with van der Waals surface area (Å²) in [4.78, 5) is 11.4. The van der Waals surface area contributed by atoms with Crippen LogP contribution in [0.5, 0.6) is 0 Å². The van der Waals surface area contributed by atoms with E-state index in [1.54, 1.807) is 19.1 Å². The van der Waals surface area contributed by atoms with Gasteiger partial charge in [0, 0.05) is 6.54 Å². The zero-order valence-corrected chi connectivity index (χ0v) is 9.38. The predicted octanol–water partition coefficient (Wildman–Crippen LogP) is 1.07. The molecule has 0 aliphatic carbocycles. The second-order valence-electron chi connectivity index (χ2n) is 3.00. The first kappa shape index (κ1) is 11.7. The van der Waals surface area contributed by atoms with E-state index in [1.165, 1.54) is 0 Å². The summed E-state index contributed by atoms with van der Waals surface area (Å²) < 4.78 is 0. The molecule has 0 aromatic carbocycles. The summed E-state index contributed by atoms with van der Waals surface area (Å²) in [7, 11) is 0. The lowest BCUT2D eigenvalue weighted by Gasteiger charge is -2.12. The highest BCUT2D eigenvalue weighted by atomic mass is 35.5. The van der Waals surface area contributed by atoms with Crippen LogP contribution in [-0.2, 0) is 4.79 Å². The molecule has 0 bridgehead atoms. The Hall–Kier alpha value is -1.36. The zero-order valence-electron chi connectivity index (χ0n) is 8.62. The third kappa shape index (κ3) is 3.71. The van der Waals surface area contributed by atoms with Gasteiger partial charge >= 0.3 is 0 Å². The summed E-state index contributed by atoms with van der Waals surface area (Å²) in [6.07, 6.45) is 0. The first-order valence-electron chi connectivity index (χ1n) is 4.67. The van der Waals surface area contributed by atoms with Crippen molar-refractivity contribution >= 4 is 23.3 Å². The molecule has 1 aromatic heterocycles. The van der Waals surface area contributed by atoms with Gasteiger partial charge in [0.15, 0.2) is 5.15 Å². The van der Waals surface area contributed by atoms with Crippen LogP contribution >= 0.6 is 11.6 Å². The number of nitrogens with zero attached hydrogens (tertiary/aromatic N) is 2. The topological polar surface area (TPSA) is 66.9 Å². The van der Waals surface area contributed by atoms with Crippen LogP contribution in [0, 0.1) is 0 Å². The molecule has 0 aliphatic rings. The molecule has 1 heterocycles. The summed E-state index contributed by atoms with van der Waals surface area (Å²) in [5.74, 6) is 0.451. The van der Waals surface area contributed by atoms with Gasteiger partial charge in [0.2, 0.25) is 5.91 Å². The monoisotopic (exact) mass is 228 g/mol. The third-order valence-corrected chi connectivity index (χ3v) is 1.94. The van der Waals surface area contributed by atoms with E-state index in [0.717, 1.165) is 0 Å². The number of carbonyl (C=O) groups excluding carboxylic acids is 1. The van der Waals surface area contributed by atoms with Crippen molar-refractivity contribution in [2.75, 3.05) is 11.9 Å². The molecular formula is C9H13ClN4O. The molecule has 0 radical (unpaired) electrons. The Balaban J connectivity index is 2.54. The Morgan fingerprint density at radius 3 is 2.80 bits per heavy atom. The van der Waals surface area contributed by atoms with Crippen molar-refractivity contribution in [1.29, 1.82) is 0 Å². The van der Waals surface area contributed by atoms with Gasteiger partial charge in [-0.05, 0) is 26.0 Å². The van der Waals surface area contributed by atoms with Gasteiger partial charge in [-0.1, -0.05) is 11.6 Å². The normalized spacial score (nSPS) is 11.9. The van der Waals surface area contributed by atoms with Crippen LogP contribution < -0.4 is 10.6 Å². The highest BCUT2D eigenvalue weighted by Crippen LogP contribution is 2.07. The number of rotatable bonds is 4. The van der Waals surface area contributed by atoms with E-state index in [0.29, 0.717) is 17.5 Å². The van der Waals surface area contributed by atoms with Gasteiger partial charge in [-0.25, -0.2) is 0 Å². The van der Waals surface area contributed by atoms with E-state index in [1.807, 2.05) is 6.92 Å². The number of amides is 1. The average Bonchev–Trinajstić information content (AvgIpc) is 2.22. The summed E-state index contributed by atoms with van der Waals surface area (Å²) in [5.41, 5.74) is 0. The molecule has 1 aromatic rings. The molecule has 0 saturated carbocycles. The minimum atomic E-state index is -0.347. The average molecular weight is 229 g/mol. The van der Waals surface area contributed by atoms with Crippen molar-refractivity contribution in [1.82, 2.24) is 15.5 Å². The maximum Gasteiger partial charge on any atom is 0.242 e. The lowest BCUT2D eigenvalue weighted by Crippen LogP contribution is -2.37. The molecule has 0 saturated heterocycles. The maximum atomic E-state index is 11.4. The van der Waals surface area contributed by atoms with Crippen LogP contribution in [-0.4, -0.2) is 28.7 Å². The summed E-state index contributed by atoms with van der Waals surface area (Å²) >= 11 is 5.58. The zero-order chi connectivity index (χ0) is 11.3. The van der Waals surface area contributed by atoms with E-state index in [2.05, 4.69) is 20.8 Å². The summed E-state index contributed by atoms with van der Waals surface area (Å²) in [6.45, 7) is 4.23. The molecular weight excluding hydrogens is 216 g/mol. The molecule has 2 N–H and O–H groups in total. The first-order chi connectivity index (χ1) is 7.13. The van der Waals surface area contributed by atoms with E-state index < -0.39 is 0 Å². The smallest absolute Gasteiger partial charge is 0.242 e. The van der Waals surface area contributed by atoms with Crippen LogP contribution in [0.3, 0.4) is 0 Å². The van der Waals surface area contributed by atoms with Crippen LogP contribution in [0.15, 0.2) is 12.1 Å². The maximum absolute atomic E-state index is 11.4. The van der Waals surface area contributed by atoms with Crippen molar-refractivity contribution in [3.05, 3.63) is 17.3 Å².